The summed E-state index contributed by atoms with van der Waals surface area (Å²) in [5.74, 6) is -1.67. The number of carbonyl (C=O) groups excluding carboxylic acids is 3. The summed E-state index contributed by atoms with van der Waals surface area (Å²) in [6.45, 7) is 5.61. The topological polar surface area (TPSA) is 72.9 Å². The normalized spacial score (nSPS) is 17.3. The van der Waals surface area contributed by atoms with Crippen molar-refractivity contribution in [3.8, 4) is 0 Å². The predicted molar refractivity (Wildman–Crippen MR) is 120 cm³/mol. The van der Waals surface area contributed by atoms with Crippen LogP contribution < -0.4 is 0 Å². The van der Waals surface area contributed by atoms with Crippen LogP contribution in [0, 0.1) is 0 Å². The number of Topliss-reactive ketones (excluding diaryl/α,β-unsaturated/α-hetero) is 1. The lowest BCUT2D eigenvalue weighted by atomic mass is 9.79. The minimum Gasteiger partial charge on any atom is -0.465 e. The van der Waals surface area contributed by atoms with Crippen LogP contribution in [0.4, 0.5) is 0 Å². The van der Waals surface area contributed by atoms with Crippen molar-refractivity contribution in [2.24, 2.45) is 0 Å². The van der Waals surface area contributed by atoms with Crippen LogP contribution in [0.2, 0.25) is 0 Å². The smallest absolute Gasteiger partial charge is 0.336 e. The van der Waals surface area contributed by atoms with Crippen LogP contribution in [0.5, 0.6) is 0 Å². The van der Waals surface area contributed by atoms with Gasteiger partial charge in [-0.15, -0.1) is 0 Å². The maximum Gasteiger partial charge on any atom is 0.336 e. The molecule has 1 aliphatic heterocycles. The zero-order chi connectivity index (χ0) is 22.8. The Morgan fingerprint density at radius 1 is 0.906 bits per heavy atom. The molecule has 1 atom stereocenters. The number of ketones is 1. The molecule has 0 saturated carbocycles. The van der Waals surface area contributed by atoms with E-state index in [9.17, 15) is 14.4 Å². The molecule has 0 N–H and O–H groups in total. The lowest BCUT2D eigenvalue weighted by Crippen LogP contribution is -2.36. The van der Waals surface area contributed by atoms with E-state index in [0.29, 0.717) is 28.1 Å². The first-order chi connectivity index (χ1) is 15.5. The number of ether oxygens (including phenoxy) is 2. The van der Waals surface area contributed by atoms with Gasteiger partial charge in [0.2, 0.25) is 0 Å². The number of allylic oxidation sites excluding steroid dienone is 2. The van der Waals surface area contributed by atoms with E-state index in [1.807, 2.05) is 48.5 Å². The van der Waals surface area contributed by atoms with Crippen LogP contribution in [0.3, 0.4) is 0 Å². The molecule has 0 fully saturated rings. The Labute approximate surface area is 187 Å². The number of hydrogen-bond acceptors (Lipinski definition) is 6. The van der Waals surface area contributed by atoms with Crippen LogP contribution in [-0.4, -0.2) is 42.4 Å². The summed E-state index contributed by atoms with van der Waals surface area (Å²) in [5.41, 5.74) is 4.20. The first-order valence-corrected chi connectivity index (χ1v) is 10.7. The molecule has 0 bridgehead atoms. The molecule has 0 radical (unpaired) electrons. The van der Waals surface area contributed by atoms with Crippen LogP contribution in [-0.2, 0) is 19.1 Å². The highest BCUT2D eigenvalue weighted by molar-refractivity contribution is 6.23. The van der Waals surface area contributed by atoms with Crippen LogP contribution >= 0.6 is 0 Å². The molecule has 32 heavy (non-hydrogen) atoms. The lowest BCUT2D eigenvalue weighted by Gasteiger charge is -2.36. The van der Waals surface area contributed by atoms with Gasteiger partial charge in [0.1, 0.15) is 6.54 Å². The zero-order valence-electron chi connectivity index (χ0n) is 18.4. The second-order valence-corrected chi connectivity index (χ2v) is 7.59. The number of hydrogen-bond donors (Lipinski definition) is 0. The van der Waals surface area contributed by atoms with Crippen LogP contribution in [0.1, 0.15) is 48.2 Å². The van der Waals surface area contributed by atoms with E-state index in [4.69, 9.17) is 9.47 Å². The fraction of sp³-hybridized carbons (Fsp3) is 0.269. The number of nitrogens with zero attached hydrogens (tertiary/aromatic N) is 1. The molecule has 2 aromatic rings. The molecule has 0 amide bonds. The second-order valence-electron chi connectivity index (χ2n) is 7.59. The summed E-state index contributed by atoms with van der Waals surface area (Å²) in [5, 5.41) is 0. The standard InChI is InChI=1S/C26H25NO5/c1-4-31-20(28)15-27-16(3)21(26(30)32-5-2)22(17-11-7-6-8-12-17)23-24(27)18-13-9-10-14-19(18)25(23)29/h6-14,22H,4-5,15H2,1-3H3. The Hall–Kier alpha value is -3.67. The summed E-state index contributed by atoms with van der Waals surface area (Å²) in [6, 6.07) is 16.8. The van der Waals surface area contributed by atoms with Gasteiger partial charge < -0.3 is 14.4 Å². The molecule has 4 rings (SSSR count). The first kappa shape index (κ1) is 21.6. The highest BCUT2D eigenvalue weighted by Gasteiger charge is 2.46. The summed E-state index contributed by atoms with van der Waals surface area (Å²) >= 11 is 0. The Kier molecular flexibility index (Phi) is 5.95. The number of rotatable bonds is 6. The maximum atomic E-state index is 13.6. The molecular weight excluding hydrogens is 406 g/mol. The summed E-state index contributed by atoms with van der Waals surface area (Å²) in [6.07, 6.45) is 0. The van der Waals surface area contributed by atoms with E-state index in [0.717, 1.165) is 11.1 Å². The molecule has 6 heteroatoms. The van der Waals surface area contributed by atoms with Gasteiger partial charge in [-0.25, -0.2) is 4.79 Å². The average Bonchev–Trinajstić information content (AvgIpc) is 3.08. The third-order valence-electron chi connectivity index (χ3n) is 5.79. The van der Waals surface area contributed by atoms with Crippen molar-refractivity contribution in [1.29, 1.82) is 0 Å². The average molecular weight is 431 g/mol. The molecule has 0 spiro atoms. The van der Waals surface area contributed by atoms with Crippen LogP contribution in [0.15, 0.2) is 71.4 Å². The molecule has 2 aromatic carbocycles. The van der Waals surface area contributed by atoms with Gasteiger partial charge in [-0.1, -0.05) is 54.6 Å². The number of esters is 2. The maximum absolute atomic E-state index is 13.6. The molecular formula is C26H25NO5. The Balaban J connectivity index is 1.97. The zero-order valence-corrected chi connectivity index (χ0v) is 18.4. The van der Waals surface area contributed by atoms with Crippen molar-refractivity contribution in [2.45, 2.75) is 26.7 Å². The van der Waals surface area contributed by atoms with E-state index in [1.165, 1.54) is 0 Å². The minimum atomic E-state index is -0.594. The van der Waals surface area contributed by atoms with Gasteiger partial charge in [-0.05, 0) is 26.3 Å². The fourth-order valence-corrected chi connectivity index (χ4v) is 4.50. The van der Waals surface area contributed by atoms with Crippen molar-refractivity contribution in [1.82, 2.24) is 4.90 Å². The van der Waals surface area contributed by atoms with Gasteiger partial charge in [-0.2, -0.15) is 0 Å². The van der Waals surface area contributed by atoms with Gasteiger partial charge in [0.15, 0.2) is 5.78 Å². The molecule has 164 valence electrons. The van der Waals surface area contributed by atoms with E-state index in [1.54, 1.807) is 31.7 Å². The Bertz CT molecular complexity index is 1150. The number of carbonyl (C=O) groups is 3. The molecule has 1 unspecified atom stereocenters. The van der Waals surface area contributed by atoms with E-state index in [-0.39, 0.29) is 25.5 Å². The fourth-order valence-electron chi connectivity index (χ4n) is 4.50. The van der Waals surface area contributed by atoms with Gasteiger partial charge in [-0.3, -0.25) is 9.59 Å². The van der Waals surface area contributed by atoms with Crippen molar-refractivity contribution >= 4 is 23.4 Å². The van der Waals surface area contributed by atoms with E-state index >= 15 is 0 Å². The van der Waals surface area contributed by atoms with E-state index in [2.05, 4.69) is 0 Å². The van der Waals surface area contributed by atoms with Gasteiger partial charge in [0, 0.05) is 28.3 Å². The number of fused-ring (bicyclic) bond motifs is 2. The molecule has 1 heterocycles. The highest BCUT2D eigenvalue weighted by atomic mass is 16.5. The Morgan fingerprint density at radius 3 is 2.19 bits per heavy atom. The monoisotopic (exact) mass is 431 g/mol. The van der Waals surface area contributed by atoms with Gasteiger partial charge in [0.25, 0.3) is 0 Å². The third kappa shape index (κ3) is 3.51. The molecule has 1 aliphatic carbocycles. The molecule has 0 aromatic heterocycles. The quantitative estimate of drug-likeness (QED) is 0.642. The minimum absolute atomic E-state index is 0.107. The van der Waals surface area contributed by atoms with Crippen molar-refractivity contribution in [3.63, 3.8) is 0 Å². The highest BCUT2D eigenvalue weighted by Crippen LogP contribution is 2.50. The SMILES string of the molecule is CCOC(=O)CN1C(C)=C(C(=O)OCC)C(c2ccccc2)C2=C1c1ccccc1C2=O. The van der Waals surface area contributed by atoms with Gasteiger partial charge in [0.05, 0.1) is 24.5 Å². The largest absolute Gasteiger partial charge is 0.465 e. The predicted octanol–water partition coefficient (Wildman–Crippen LogP) is 4.09. The molecule has 2 aliphatic rings. The summed E-state index contributed by atoms with van der Waals surface area (Å²) in [4.78, 5) is 41.0. The van der Waals surface area contributed by atoms with E-state index < -0.39 is 17.9 Å². The van der Waals surface area contributed by atoms with Crippen molar-refractivity contribution < 1.29 is 23.9 Å². The van der Waals surface area contributed by atoms with Crippen LogP contribution in [0.25, 0.3) is 5.70 Å². The third-order valence-corrected chi connectivity index (χ3v) is 5.79. The second kappa shape index (κ2) is 8.83. The molecule has 0 saturated heterocycles. The summed E-state index contributed by atoms with van der Waals surface area (Å²) in [7, 11) is 0. The Morgan fingerprint density at radius 2 is 1.53 bits per heavy atom. The van der Waals surface area contributed by atoms with Crippen molar-refractivity contribution in [3.05, 3.63) is 88.1 Å². The lowest BCUT2D eigenvalue weighted by molar-refractivity contribution is -0.143. The molecule has 6 nitrogen and oxygen atoms in total. The number of benzene rings is 2. The van der Waals surface area contributed by atoms with Gasteiger partial charge >= 0.3 is 11.9 Å². The first-order valence-electron chi connectivity index (χ1n) is 10.7. The summed E-state index contributed by atoms with van der Waals surface area (Å²) < 4.78 is 10.6. The van der Waals surface area contributed by atoms with Crippen molar-refractivity contribution in [2.75, 3.05) is 19.8 Å².